The third-order valence-electron chi connectivity index (χ3n) is 2.08. The van der Waals surface area contributed by atoms with Crippen molar-refractivity contribution in [3.05, 3.63) is 0 Å². The maximum Gasteiger partial charge on any atom is 0.407 e. The Bertz CT molecular complexity index is 187. The molecule has 0 radical (unpaired) electrons. The minimum Gasteiger partial charge on any atom is -0.465 e. The summed E-state index contributed by atoms with van der Waals surface area (Å²) in [6, 6.07) is 0. The Hall–Kier alpha value is -0.840. The summed E-state index contributed by atoms with van der Waals surface area (Å²) in [5, 5.41) is 17.2. The molecule has 1 aliphatic heterocycles. The summed E-state index contributed by atoms with van der Waals surface area (Å²) in [5.74, 6) is 0. The van der Waals surface area contributed by atoms with Gasteiger partial charge in [-0.05, 0) is 12.8 Å². The Labute approximate surface area is 69.6 Å². The number of alkyl halides is 1. The van der Waals surface area contributed by atoms with E-state index in [2.05, 4.69) is 0 Å². The van der Waals surface area contributed by atoms with Crippen LogP contribution in [0.2, 0.25) is 0 Å². The lowest BCUT2D eigenvalue weighted by molar-refractivity contribution is 0.00341. The number of halogens is 1. The van der Waals surface area contributed by atoms with E-state index in [1.54, 1.807) is 0 Å². The zero-order chi connectivity index (χ0) is 9.19. The van der Waals surface area contributed by atoms with E-state index in [1.165, 1.54) is 0 Å². The van der Waals surface area contributed by atoms with Gasteiger partial charge in [-0.2, -0.15) is 0 Å². The fourth-order valence-corrected chi connectivity index (χ4v) is 1.38. The van der Waals surface area contributed by atoms with E-state index < -0.39 is 18.4 Å². The van der Waals surface area contributed by atoms with E-state index >= 15 is 0 Å². The van der Waals surface area contributed by atoms with Crippen molar-refractivity contribution in [1.29, 1.82) is 0 Å². The molecule has 0 aliphatic carbocycles. The number of carbonyl (C=O) groups is 1. The van der Waals surface area contributed by atoms with Crippen LogP contribution in [0.15, 0.2) is 0 Å². The first kappa shape index (κ1) is 9.25. The van der Waals surface area contributed by atoms with Gasteiger partial charge in [0.05, 0.1) is 13.2 Å². The van der Waals surface area contributed by atoms with Crippen LogP contribution < -0.4 is 0 Å². The number of nitrogens with zero attached hydrogens (tertiary/aromatic N) is 1. The molecular formula is C7H12FNO3. The number of likely N-dealkylation sites (tertiary alicyclic amines) is 1. The van der Waals surface area contributed by atoms with Gasteiger partial charge >= 0.3 is 6.09 Å². The second kappa shape index (κ2) is 3.26. The molecule has 1 amide bonds. The lowest BCUT2D eigenvalue weighted by Gasteiger charge is -2.34. The molecule has 0 spiro atoms. The predicted molar refractivity (Wildman–Crippen MR) is 39.8 cm³/mol. The van der Waals surface area contributed by atoms with Crippen LogP contribution in [-0.2, 0) is 0 Å². The van der Waals surface area contributed by atoms with Crippen LogP contribution in [0.1, 0.15) is 12.8 Å². The molecule has 0 aromatic carbocycles. The number of rotatable bonds is 1. The highest BCUT2D eigenvalue weighted by Crippen LogP contribution is 2.24. The fraction of sp³-hybridized carbons (Fsp3) is 0.857. The Morgan fingerprint density at radius 1 is 1.67 bits per heavy atom. The van der Waals surface area contributed by atoms with E-state index in [9.17, 15) is 9.18 Å². The van der Waals surface area contributed by atoms with Crippen molar-refractivity contribution in [1.82, 2.24) is 4.90 Å². The Balaban J connectivity index is 2.57. The van der Waals surface area contributed by atoms with Crippen molar-refractivity contribution < 1.29 is 19.4 Å². The average molecular weight is 177 g/mol. The quantitative estimate of drug-likeness (QED) is 0.611. The van der Waals surface area contributed by atoms with Crippen LogP contribution in [0, 0.1) is 0 Å². The van der Waals surface area contributed by atoms with Crippen LogP contribution in [0.25, 0.3) is 0 Å². The minimum atomic E-state index is -1.73. The summed E-state index contributed by atoms with van der Waals surface area (Å²) >= 11 is 0. The van der Waals surface area contributed by atoms with Crippen LogP contribution in [0.4, 0.5) is 9.18 Å². The van der Waals surface area contributed by atoms with Gasteiger partial charge in [-0.1, -0.05) is 0 Å². The maximum absolute atomic E-state index is 13.4. The summed E-state index contributed by atoms with van der Waals surface area (Å²) in [6.45, 7) is -0.448. The molecule has 5 heteroatoms. The summed E-state index contributed by atoms with van der Waals surface area (Å²) in [6.07, 6.45) is -0.401. The largest absolute Gasteiger partial charge is 0.465 e. The molecule has 1 fully saturated rings. The Morgan fingerprint density at radius 2 is 2.33 bits per heavy atom. The number of amides is 1. The van der Waals surface area contributed by atoms with Gasteiger partial charge in [-0.15, -0.1) is 0 Å². The first-order valence-electron chi connectivity index (χ1n) is 3.85. The van der Waals surface area contributed by atoms with Gasteiger partial charge in [0, 0.05) is 6.54 Å². The molecule has 1 saturated heterocycles. The zero-order valence-corrected chi connectivity index (χ0v) is 6.66. The highest BCUT2D eigenvalue weighted by atomic mass is 19.1. The average Bonchev–Trinajstić information content (AvgIpc) is 2.05. The topological polar surface area (TPSA) is 60.8 Å². The molecule has 1 heterocycles. The maximum atomic E-state index is 13.4. The van der Waals surface area contributed by atoms with E-state index in [1.807, 2.05) is 0 Å². The summed E-state index contributed by atoms with van der Waals surface area (Å²) in [7, 11) is 0. The number of piperidine rings is 1. The molecule has 1 atom stereocenters. The van der Waals surface area contributed by atoms with Crippen LogP contribution in [0.3, 0.4) is 0 Å². The first-order chi connectivity index (χ1) is 5.57. The molecule has 2 N–H and O–H groups in total. The standard InChI is InChI=1S/C7H12FNO3/c8-7(5-10)2-1-3-9(4-7)6(11)12/h10H,1-5H2,(H,11,12)/t7-/m0/s1. The van der Waals surface area contributed by atoms with Gasteiger partial charge in [0.25, 0.3) is 0 Å². The van der Waals surface area contributed by atoms with Gasteiger partial charge in [0.2, 0.25) is 0 Å². The number of hydrogen-bond acceptors (Lipinski definition) is 2. The predicted octanol–water partition coefficient (Wildman–Crippen LogP) is 0.461. The summed E-state index contributed by atoms with van der Waals surface area (Å²) in [4.78, 5) is 11.4. The Kier molecular flexibility index (Phi) is 2.52. The third-order valence-corrected chi connectivity index (χ3v) is 2.08. The van der Waals surface area contributed by atoms with Crippen molar-refractivity contribution >= 4 is 6.09 Å². The number of aliphatic hydroxyl groups is 1. The van der Waals surface area contributed by atoms with Crippen LogP contribution in [-0.4, -0.2) is 46.6 Å². The van der Waals surface area contributed by atoms with Crippen molar-refractivity contribution in [2.75, 3.05) is 19.7 Å². The van der Waals surface area contributed by atoms with Crippen LogP contribution in [0.5, 0.6) is 0 Å². The van der Waals surface area contributed by atoms with E-state index in [-0.39, 0.29) is 13.0 Å². The smallest absolute Gasteiger partial charge is 0.407 e. The van der Waals surface area contributed by atoms with Crippen molar-refractivity contribution in [3.63, 3.8) is 0 Å². The van der Waals surface area contributed by atoms with Gasteiger partial charge in [0.1, 0.15) is 0 Å². The van der Waals surface area contributed by atoms with Crippen LogP contribution >= 0.6 is 0 Å². The molecule has 1 aliphatic rings. The van der Waals surface area contributed by atoms with E-state index in [0.29, 0.717) is 13.0 Å². The zero-order valence-electron chi connectivity index (χ0n) is 6.66. The van der Waals surface area contributed by atoms with Crippen molar-refractivity contribution in [2.45, 2.75) is 18.5 Å². The van der Waals surface area contributed by atoms with Crippen molar-refractivity contribution in [3.8, 4) is 0 Å². The SMILES string of the molecule is O=C(O)N1CCC[C@@](F)(CO)C1. The summed E-state index contributed by atoms with van der Waals surface area (Å²) < 4.78 is 13.4. The van der Waals surface area contributed by atoms with Crippen molar-refractivity contribution in [2.24, 2.45) is 0 Å². The second-order valence-corrected chi connectivity index (χ2v) is 3.12. The molecule has 0 unspecified atom stereocenters. The molecule has 0 saturated carbocycles. The van der Waals surface area contributed by atoms with Gasteiger partial charge < -0.3 is 15.1 Å². The monoisotopic (exact) mass is 177 g/mol. The fourth-order valence-electron chi connectivity index (χ4n) is 1.38. The molecule has 4 nitrogen and oxygen atoms in total. The molecule has 70 valence electrons. The first-order valence-corrected chi connectivity index (χ1v) is 3.85. The normalized spacial score (nSPS) is 30.3. The van der Waals surface area contributed by atoms with E-state index in [4.69, 9.17) is 10.2 Å². The highest BCUT2D eigenvalue weighted by Gasteiger charge is 2.36. The molecule has 0 bridgehead atoms. The number of aliphatic hydroxyl groups excluding tert-OH is 1. The molecule has 12 heavy (non-hydrogen) atoms. The highest BCUT2D eigenvalue weighted by molar-refractivity contribution is 5.65. The molecule has 1 rings (SSSR count). The number of carboxylic acid groups (broad SMARTS) is 1. The summed E-state index contributed by atoms with van der Waals surface area (Å²) in [5.41, 5.74) is -1.73. The van der Waals surface area contributed by atoms with Gasteiger partial charge in [-0.25, -0.2) is 9.18 Å². The molecule has 0 aromatic rings. The third kappa shape index (κ3) is 1.85. The van der Waals surface area contributed by atoms with Gasteiger partial charge in [0.15, 0.2) is 5.67 Å². The second-order valence-electron chi connectivity index (χ2n) is 3.12. The minimum absolute atomic E-state index is 0.209. The molecule has 0 aromatic heterocycles. The van der Waals surface area contributed by atoms with E-state index in [0.717, 1.165) is 4.90 Å². The van der Waals surface area contributed by atoms with Gasteiger partial charge in [-0.3, -0.25) is 0 Å². The number of hydrogen-bond donors (Lipinski definition) is 2. The lowest BCUT2D eigenvalue weighted by atomic mass is 9.96. The Morgan fingerprint density at radius 3 is 2.83 bits per heavy atom. The lowest BCUT2D eigenvalue weighted by Crippen LogP contribution is -2.49. The molecular weight excluding hydrogens is 165 g/mol.